The topological polar surface area (TPSA) is 41.1 Å². The van der Waals surface area contributed by atoms with Crippen molar-refractivity contribution >= 4 is 18.3 Å². The number of amides is 1. The average Bonchev–Trinajstić information content (AvgIpc) is 2.81. The zero-order valence-corrected chi connectivity index (χ0v) is 9.38. The van der Waals surface area contributed by atoms with Gasteiger partial charge < -0.3 is 10.6 Å². The van der Waals surface area contributed by atoms with Crippen molar-refractivity contribution in [2.45, 2.75) is 31.5 Å². The molecular formula is C9H14ClF3N2O. The maximum Gasteiger partial charge on any atom is 0.403 e. The number of rotatable bonds is 2. The van der Waals surface area contributed by atoms with Gasteiger partial charge in [-0.05, 0) is 25.8 Å². The van der Waals surface area contributed by atoms with Crippen LogP contribution in [0.1, 0.15) is 19.3 Å². The molecule has 2 rings (SSSR count). The monoisotopic (exact) mass is 258 g/mol. The molecule has 1 saturated carbocycles. The van der Waals surface area contributed by atoms with Crippen molar-refractivity contribution < 1.29 is 18.0 Å². The molecule has 1 heterocycles. The maximum absolute atomic E-state index is 12.5. The predicted octanol–water partition coefficient (Wildman–Crippen LogP) is 1.23. The maximum atomic E-state index is 12.5. The Labute approximate surface area is 97.6 Å². The Kier molecular flexibility index (Phi) is 3.74. The number of carbonyl (C=O) groups excluding carboxylic acids is 1. The molecular weight excluding hydrogens is 245 g/mol. The first kappa shape index (κ1) is 13.6. The van der Waals surface area contributed by atoms with Crippen LogP contribution in [0.2, 0.25) is 0 Å². The Morgan fingerprint density at radius 3 is 2.38 bits per heavy atom. The molecule has 94 valence electrons. The Morgan fingerprint density at radius 2 is 2.00 bits per heavy atom. The highest BCUT2D eigenvalue weighted by molar-refractivity contribution is 5.86. The molecule has 0 aromatic heterocycles. The van der Waals surface area contributed by atoms with E-state index in [4.69, 9.17) is 0 Å². The normalized spacial score (nSPS) is 27.1. The molecule has 0 radical (unpaired) electrons. The smallest absolute Gasteiger partial charge is 0.351 e. The van der Waals surface area contributed by atoms with Crippen molar-refractivity contribution in [3.63, 3.8) is 0 Å². The predicted molar refractivity (Wildman–Crippen MR) is 54.4 cm³/mol. The lowest BCUT2D eigenvalue weighted by molar-refractivity contribution is -0.192. The first-order chi connectivity index (χ1) is 6.96. The van der Waals surface area contributed by atoms with Crippen LogP contribution in [0, 0.1) is 5.41 Å². The number of nitrogens with one attached hydrogen (secondary N) is 2. The van der Waals surface area contributed by atoms with Gasteiger partial charge in [0, 0.05) is 12.6 Å². The standard InChI is InChI=1S/C9H13F3N2O.ClH/c10-9(11,12)8(2-3-8)7(15)14-6-1-4-13-5-6;/h6,13H,1-5H2,(H,14,15);1H/t6-;/m1./s1. The Morgan fingerprint density at radius 1 is 1.38 bits per heavy atom. The first-order valence-corrected chi connectivity index (χ1v) is 5.04. The van der Waals surface area contributed by atoms with Crippen LogP contribution < -0.4 is 10.6 Å². The van der Waals surface area contributed by atoms with Gasteiger partial charge in [0.2, 0.25) is 5.91 Å². The van der Waals surface area contributed by atoms with Gasteiger partial charge in [-0.1, -0.05) is 0 Å². The van der Waals surface area contributed by atoms with E-state index in [-0.39, 0.29) is 31.3 Å². The molecule has 1 saturated heterocycles. The second-order valence-corrected chi connectivity index (χ2v) is 4.24. The van der Waals surface area contributed by atoms with Crippen molar-refractivity contribution in [3.8, 4) is 0 Å². The molecule has 1 amide bonds. The van der Waals surface area contributed by atoms with Crippen LogP contribution in [0.5, 0.6) is 0 Å². The summed E-state index contributed by atoms with van der Waals surface area (Å²) in [4.78, 5) is 11.5. The van der Waals surface area contributed by atoms with Crippen molar-refractivity contribution in [2.24, 2.45) is 5.41 Å². The van der Waals surface area contributed by atoms with Crippen molar-refractivity contribution in [2.75, 3.05) is 13.1 Å². The Bertz CT molecular complexity index is 272. The van der Waals surface area contributed by atoms with Crippen LogP contribution >= 0.6 is 12.4 Å². The fourth-order valence-corrected chi connectivity index (χ4v) is 1.87. The zero-order valence-electron chi connectivity index (χ0n) is 8.56. The van der Waals surface area contributed by atoms with Gasteiger partial charge in [0.1, 0.15) is 5.41 Å². The van der Waals surface area contributed by atoms with E-state index < -0.39 is 17.5 Å². The fraction of sp³-hybridized carbons (Fsp3) is 0.889. The van der Waals surface area contributed by atoms with Crippen molar-refractivity contribution in [1.82, 2.24) is 10.6 Å². The summed E-state index contributed by atoms with van der Waals surface area (Å²) in [5.74, 6) is -0.844. The second kappa shape index (κ2) is 4.41. The third-order valence-electron chi connectivity index (χ3n) is 3.12. The summed E-state index contributed by atoms with van der Waals surface area (Å²) in [6, 6.07) is -0.141. The van der Waals surface area contributed by atoms with Gasteiger partial charge in [0.05, 0.1) is 0 Å². The van der Waals surface area contributed by atoms with E-state index in [1.165, 1.54) is 0 Å². The number of halogens is 4. The van der Waals surface area contributed by atoms with Crippen LogP contribution in [-0.2, 0) is 4.79 Å². The molecule has 0 aromatic rings. The molecule has 1 aliphatic carbocycles. The van der Waals surface area contributed by atoms with Crippen LogP contribution in [0.15, 0.2) is 0 Å². The molecule has 2 N–H and O–H groups in total. The highest BCUT2D eigenvalue weighted by atomic mass is 35.5. The van der Waals surface area contributed by atoms with Gasteiger partial charge >= 0.3 is 6.18 Å². The SMILES string of the molecule is Cl.O=C(N[C@@H]1CCNC1)C1(C(F)(F)F)CC1. The molecule has 0 bridgehead atoms. The highest BCUT2D eigenvalue weighted by Crippen LogP contribution is 2.57. The van der Waals surface area contributed by atoms with Gasteiger partial charge in [-0.15, -0.1) is 12.4 Å². The minimum Gasteiger partial charge on any atom is -0.351 e. The van der Waals surface area contributed by atoms with E-state index in [2.05, 4.69) is 10.6 Å². The highest BCUT2D eigenvalue weighted by Gasteiger charge is 2.68. The Balaban J connectivity index is 0.00000128. The fourth-order valence-electron chi connectivity index (χ4n) is 1.87. The first-order valence-electron chi connectivity index (χ1n) is 5.04. The van der Waals surface area contributed by atoms with E-state index in [9.17, 15) is 18.0 Å². The zero-order chi connectivity index (χ0) is 11.1. The molecule has 0 spiro atoms. The van der Waals surface area contributed by atoms with Crippen molar-refractivity contribution in [3.05, 3.63) is 0 Å². The van der Waals surface area contributed by atoms with Gasteiger partial charge in [-0.25, -0.2) is 0 Å². The minimum absolute atomic E-state index is 0. The third kappa shape index (κ3) is 2.27. The van der Waals surface area contributed by atoms with Crippen LogP contribution in [0.4, 0.5) is 13.2 Å². The summed E-state index contributed by atoms with van der Waals surface area (Å²) in [7, 11) is 0. The lowest BCUT2D eigenvalue weighted by atomic mass is 10.1. The average molecular weight is 259 g/mol. The van der Waals surface area contributed by atoms with Crippen LogP contribution in [-0.4, -0.2) is 31.2 Å². The summed E-state index contributed by atoms with van der Waals surface area (Å²) < 4.78 is 37.6. The van der Waals surface area contributed by atoms with Gasteiger partial charge in [-0.2, -0.15) is 13.2 Å². The molecule has 7 heteroatoms. The molecule has 0 aromatic carbocycles. The summed E-state index contributed by atoms with van der Waals surface area (Å²) in [5.41, 5.74) is -2.07. The molecule has 16 heavy (non-hydrogen) atoms. The lowest BCUT2D eigenvalue weighted by Crippen LogP contribution is -2.46. The molecule has 2 aliphatic rings. The third-order valence-corrected chi connectivity index (χ3v) is 3.12. The van der Waals surface area contributed by atoms with Gasteiger partial charge in [-0.3, -0.25) is 4.79 Å². The molecule has 1 atom stereocenters. The summed E-state index contributed by atoms with van der Waals surface area (Å²) in [5, 5.41) is 5.46. The largest absolute Gasteiger partial charge is 0.403 e. The Hall–Kier alpha value is -0.490. The number of alkyl halides is 3. The number of carbonyl (C=O) groups is 1. The van der Waals surface area contributed by atoms with Gasteiger partial charge in [0.15, 0.2) is 0 Å². The second-order valence-electron chi connectivity index (χ2n) is 4.24. The van der Waals surface area contributed by atoms with E-state index in [0.717, 1.165) is 6.54 Å². The summed E-state index contributed by atoms with van der Waals surface area (Å²) >= 11 is 0. The lowest BCUT2D eigenvalue weighted by Gasteiger charge is -2.20. The molecule has 0 unspecified atom stereocenters. The van der Waals surface area contributed by atoms with Crippen LogP contribution in [0.25, 0.3) is 0 Å². The van der Waals surface area contributed by atoms with Crippen molar-refractivity contribution in [1.29, 1.82) is 0 Å². The summed E-state index contributed by atoms with van der Waals surface area (Å²) in [6.45, 7) is 1.32. The number of hydrogen-bond donors (Lipinski definition) is 2. The van der Waals surface area contributed by atoms with Gasteiger partial charge in [0.25, 0.3) is 0 Å². The minimum atomic E-state index is -4.40. The van der Waals surface area contributed by atoms with Crippen LogP contribution in [0.3, 0.4) is 0 Å². The van der Waals surface area contributed by atoms with E-state index in [1.54, 1.807) is 0 Å². The van der Waals surface area contributed by atoms with E-state index in [1.807, 2.05) is 0 Å². The van der Waals surface area contributed by atoms with E-state index in [0.29, 0.717) is 13.0 Å². The molecule has 1 aliphatic heterocycles. The molecule has 3 nitrogen and oxygen atoms in total. The van der Waals surface area contributed by atoms with E-state index >= 15 is 0 Å². The quantitative estimate of drug-likeness (QED) is 0.782. The molecule has 2 fully saturated rings. The summed E-state index contributed by atoms with van der Waals surface area (Å²) in [6.07, 6.45) is -3.83. The number of hydrogen-bond acceptors (Lipinski definition) is 2.